The number of rotatable bonds is 5. The fourth-order valence-electron chi connectivity index (χ4n) is 3.67. The van der Waals surface area contributed by atoms with Gasteiger partial charge in [0.1, 0.15) is 12.4 Å². The first-order chi connectivity index (χ1) is 14.8. The van der Waals surface area contributed by atoms with E-state index in [9.17, 15) is 18.0 Å². The van der Waals surface area contributed by atoms with Crippen molar-refractivity contribution in [2.24, 2.45) is 0 Å². The molecule has 0 atom stereocenters. The zero-order chi connectivity index (χ0) is 22.2. The van der Waals surface area contributed by atoms with E-state index in [2.05, 4.69) is 5.32 Å². The minimum atomic E-state index is -3.89. The Morgan fingerprint density at radius 1 is 0.903 bits per heavy atom. The van der Waals surface area contributed by atoms with Gasteiger partial charge >= 0.3 is 0 Å². The third kappa shape index (κ3) is 3.72. The third-order valence-corrected chi connectivity index (χ3v) is 7.09. The average molecular weight is 436 g/mol. The number of ketones is 1. The van der Waals surface area contributed by atoms with Gasteiger partial charge in [0, 0.05) is 16.7 Å². The Balaban J connectivity index is 1.50. The van der Waals surface area contributed by atoms with Crippen LogP contribution in [0.15, 0.2) is 70.5 Å². The van der Waals surface area contributed by atoms with Crippen LogP contribution in [0.5, 0.6) is 5.75 Å². The number of hydrogen-bond acceptors (Lipinski definition) is 5. The van der Waals surface area contributed by atoms with E-state index in [1.165, 1.54) is 30.3 Å². The van der Waals surface area contributed by atoms with Gasteiger partial charge in [0.2, 0.25) is 9.84 Å². The molecule has 1 amide bonds. The van der Waals surface area contributed by atoms with E-state index in [0.29, 0.717) is 0 Å². The summed E-state index contributed by atoms with van der Waals surface area (Å²) < 4.78 is 31.8. The molecule has 7 heteroatoms. The van der Waals surface area contributed by atoms with Gasteiger partial charge in [-0.2, -0.15) is 0 Å². The van der Waals surface area contributed by atoms with Gasteiger partial charge in [0.05, 0.1) is 16.3 Å². The number of benzene rings is 3. The number of fused-ring (bicyclic) bond motifs is 2. The molecule has 0 unspecified atom stereocenters. The molecule has 0 saturated heterocycles. The van der Waals surface area contributed by atoms with E-state index in [-0.39, 0.29) is 45.4 Å². The molecule has 0 fully saturated rings. The molecule has 0 saturated carbocycles. The average Bonchev–Trinajstić information content (AvgIpc) is 2.76. The van der Waals surface area contributed by atoms with E-state index in [1.54, 1.807) is 12.1 Å². The second-order valence-corrected chi connectivity index (χ2v) is 9.25. The molecule has 6 nitrogen and oxygen atoms in total. The highest BCUT2D eigenvalue weighted by Crippen LogP contribution is 2.34. The summed E-state index contributed by atoms with van der Waals surface area (Å²) in [5, 5.41) is 2.73. The summed E-state index contributed by atoms with van der Waals surface area (Å²) in [6.45, 7) is 4.42. The fraction of sp³-hybridized carbons (Fsp3) is 0.167. The Morgan fingerprint density at radius 2 is 1.58 bits per heavy atom. The molecule has 0 radical (unpaired) electrons. The van der Waals surface area contributed by atoms with Crippen LogP contribution in [0.1, 0.15) is 37.4 Å². The van der Waals surface area contributed by atoms with Crippen LogP contribution in [0.2, 0.25) is 0 Å². The monoisotopic (exact) mass is 435 g/mol. The molecule has 31 heavy (non-hydrogen) atoms. The molecule has 0 aliphatic carbocycles. The van der Waals surface area contributed by atoms with Crippen LogP contribution in [0.4, 0.5) is 0 Å². The van der Waals surface area contributed by atoms with Crippen LogP contribution >= 0.6 is 0 Å². The largest absolute Gasteiger partial charge is 0.491 e. The first-order valence-electron chi connectivity index (χ1n) is 9.81. The first-order valence-corrected chi connectivity index (χ1v) is 11.3. The van der Waals surface area contributed by atoms with Gasteiger partial charge in [0.15, 0.2) is 5.78 Å². The summed E-state index contributed by atoms with van der Waals surface area (Å²) in [5.41, 5.74) is 2.42. The maximum absolute atomic E-state index is 13.0. The maximum Gasteiger partial charge on any atom is 0.251 e. The number of aryl methyl sites for hydroxylation is 2. The van der Waals surface area contributed by atoms with Gasteiger partial charge in [-0.3, -0.25) is 9.59 Å². The molecular formula is C24H21NO5S. The van der Waals surface area contributed by atoms with Crippen LogP contribution in [-0.2, 0) is 9.84 Å². The number of sulfone groups is 1. The third-order valence-electron chi connectivity index (χ3n) is 5.24. The van der Waals surface area contributed by atoms with Gasteiger partial charge in [-0.05, 0) is 55.3 Å². The molecule has 0 bridgehead atoms. The smallest absolute Gasteiger partial charge is 0.251 e. The predicted molar refractivity (Wildman–Crippen MR) is 116 cm³/mol. The van der Waals surface area contributed by atoms with Crippen molar-refractivity contribution < 1.29 is 22.7 Å². The molecule has 1 aliphatic heterocycles. The second-order valence-electron chi connectivity index (χ2n) is 7.36. The Morgan fingerprint density at radius 3 is 2.32 bits per heavy atom. The second kappa shape index (κ2) is 8.00. The van der Waals surface area contributed by atoms with Gasteiger partial charge in [0.25, 0.3) is 5.91 Å². The zero-order valence-electron chi connectivity index (χ0n) is 17.1. The molecule has 1 heterocycles. The quantitative estimate of drug-likeness (QED) is 0.485. The molecule has 4 rings (SSSR count). The van der Waals surface area contributed by atoms with Crippen LogP contribution in [0.25, 0.3) is 0 Å². The molecular weight excluding hydrogens is 414 g/mol. The number of ether oxygens (including phenoxy) is 1. The standard InChI is InChI=1S/C24H21NO5S/c1-15-6-5-7-16(2)23(15)30-13-12-25-24(27)17-10-11-19-21(14-17)31(28,29)20-9-4-3-8-18(20)22(19)26/h3-11,14H,12-13H2,1-2H3,(H,25,27). The fourth-order valence-corrected chi connectivity index (χ4v) is 5.35. The summed E-state index contributed by atoms with van der Waals surface area (Å²) in [4.78, 5) is 25.1. The first kappa shape index (κ1) is 20.8. The number of amides is 1. The Hall–Kier alpha value is -3.45. The van der Waals surface area contributed by atoms with Crippen molar-refractivity contribution in [2.75, 3.05) is 13.2 Å². The van der Waals surface area contributed by atoms with Crippen LogP contribution < -0.4 is 10.1 Å². The zero-order valence-corrected chi connectivity index (χ0v) is 18.0. The molecule has 3 aromatic rings. The van der Waals surface area contributed by atoms with Crippen molar-refractivity contribution in [1.29, 1.82) is 0 Å². The van der Waals surface area contributed by atoms with Crippen molar-refractivity contribution in [3.63, 3.8) is 0 Å². The highest BCUT2D eigenvalue weighted by molar-refractivity contribution is 7.91. The molecule has 0 aromatic heterocycles. The van der Waals surface area contributed by atoms with E-state index >= 15 is 0 Å². The van der Waals surface area contributed by atoms with E-state index < -0.39 is 15.7 Å². The molecule has 1 N–H and O–H groups in total. The number of carbonyl (C=O) groups excluding carboxylic acids is 2. The number of para-hydroxylation sites is 1. The van der Waals surface area contributed by atoms with Crippen molar-refractivity contribution in [2.45, 2.75) is 23.6 Å². The predicted octanol–water partition coefficient (Wildman–Crippen LogP) is 3.49. The minimum absolute atomic E-state index is 0.0351. The normalized spacial score (nSPS) is 13.8. The van der Waals surface area contributed by atoms with Gasteiger partial charge < -0.3 is 10.1 Å². The number of nitrogens with one attached hydrogen (secondary N) is 1. The summed E-state index contributed by atoms with van der Waals surface area (Å²) in [6, 6.07) is 16.1. The Kier molecular flexibility index (Phi) is 5.37. The van der Waals surface area contributed by atoms with Crippen LogP contribution in [-0.4, -0.2) is 33.3 Å². The van der Waals surface area contributed by atoms with Crippen molar-refractivity contribution in [3.8, 4) is 5.75 Å². The van der Waals surface area contributed by atoms with Crippen molar-refractivity contribution in [1.82, 2.24) is 5.32 Å². The van der Waals surface area contributed by atoms with Gasteiger partial charge in [-0.15, -0.1) is 0 Å². The lowest BCUT2D eigenvalue weighted by molar-refractivity contribution is 0.0945. The van der Waals surface area contributed by atoms with Crippen molar-refractivity contribution in [3.05, 3.63) is 88.5 Å². The summed E-state index contributed by atoms with van der Waals surface area (Å²) >= 11 is 0. The highest BCUT2D eigenvalue weighted by atomic mass is 32.2. The molecule has 3 aromatic carbocycles. The lowest BCUT2D eigenvalue weighted by Gasteiger charge is -2.19. The van der Waals surface area contributed by atoms with Crippen LogP contribution in [0, 0.1) is 13.8 Å². The van der Waals surface area contributed by atoms with E-state index in [4.69, 9.17) is 4.74 Å². The Labute approximate surface area is 180 Å². The molecule has 1 aliphatic rings. The highest BCUT2D eigenvalue weighted by Gasteiger charge is 2.34. The SMILES string of the molecule is Cc1cccc(C)c1OCCNC(=O)c1ccc2c(c1)S(=O)(=O)c1ccccc1C2=O. The van der Waals surface area contributed by atoms with E-state index in [0.717, 1.165) is 16.9 Å². The summed E-state index contributed by atoms with van der Waals surface area (Å²) in [5.74, 6) is -0.0161. The molecule has 158 valence electrons. The van der Waals surface area contributed by atoms with Gasteiger partial charge in [-0.25, -0.2) is 8.42 Å². The lowest BCUT2D eigenvalue weighted by atomic mass is 10.0. The lowest BCUT2D eigenvalue weighted by Crippen LogP contribution is -2.29. The summed E-state index contributed by atoms with van der Waals surface area (Å²) in [6.07, 6.45) is 0. The maximum atomic E-state index is 13.0. The number of carbonyl (C=O) groups is 2. The van der Waals surface area contributed by atoms with Crippen LogP contribution in [0.3, 0.4) is 0 Å². The summed E-state index contributed by atoms with van der Waals surface area (Å²) in [7, 11) is -3.89. The minimum Gasteiger partial charge on any atom is -0.491 e. The van der Waals surface area contributed by atoms with Crippen molar-refractivity contribution >= 4 is 21.5 Å². The number of hydrogen-bond donors (Lipinski definition) is 1. The topological polar surface area (TPSA) is 89.5 Å². The Bertz CT molecular complexity index is 1290. The van der Waals surface area contributed by atoms with E-state index in [1.807, 2.05) is 32.0 Å². The van der Waals surface area contributed by atoms with Gasteiger partial charge in [-0.1, -0.05) is 30.3 Å². The molecule has 0 spiro atoms.